The topological polar surface area (TPSA) is 115 Å². The van der Waals surface area contributed by atoms with E-state index in [2.05, 4.69) is 6.92 Å². The van der Waals surface area contributed by atoms with E-state index >= 15 is 0 Å². The quantitative estimate of drug-likeness (QED) is 0.218. The van der Waals surface area contributed by atoms with Crippen LogP contribution in [0.15, 0.2) is 29.3 Å². The van der Waals surface area contributed by atoms with Gasteiger partial charge in [0.05, 0.1) is 0 Å². The van der Waals surface area contributed by atoms with Crippen LogP contribution in [-0.4, -0.2) is 19.6 Å². The molecular weight excluding hydrogens is 398 g/mol. The van der Waals surface area contributed by atoms with Crippen molar-refractivity contribution in [2.45, 2.75) is 77.6 Å². The van der Waals surface area contributed by atoms with E-state index in [-0.39, 0.29) is 0 Å². The average molecular weight is 432 g/mol. The van der Waals surface area contributed by atoms with E-state index in [1.807, 2.05) is 12.1 Å². The van der Waals surface area contributed by atoms with Gasteiger partial charge in [-0.05, 0) is 30.0 Å². The second-order valence-corrected chi connectivity index (χ2v) is 10.7. The Kier molecular flexibility index (Phi) is 11.5. The van der Waals surface area contributed by atoms with Gasteiger partial charge in [0.1, 0.15) is 0 Å². The molecule has 1 aromatic rings. The standard InChI is InChI=1S/C20H34O6P2/c1-2-3-4-5-6-7-8-9-10-11-14-18-15-12-13-16-19(18)17-20(27(21,22)23)28(24,25)26/h12-13,15-17H,2-11,14H2,1H3,(H2,21,22,23)(H2,24,25,26). The Morgan fingerprint density at radius 1 is 0.786 bits per heavy atom. The van der Waals surface area contributed by atoms with Crippen LogP contribution in [-0.2, 0) is 15.6 Å². The van der Waals surface area contributed by atoms with E-state index < -0.39 is 20.2 Å². The first-order valence-electron chi connectivity index (χ1n) is 10.1. The second kappa shape index (κ2) is 12.7. The van der Waals surface area contributed by atoms with Gasteiger partial charge < -0.3 is 19.6 Å². The Labute approximate surface area is 168 Å². The normalized spacial score (nSPS) is 12.2. The van der Waals surface area contributed by atoms with Crippen LogP contribution in [0.25, 0.3) is 6.08 Å². The molecule has 1 aromatic carbocycles. The van der Waals surface area contributed by atoms with E-state index in [1.165, 1.54) is 44.9 Å². The van der Waals surface area contributed by atoms with Crippen LogP contribution in [0.2, 0.25) is 0 Å². The zero-order valence-corrected chi connectivity index (χ0v) is 18.5. The van der Waals surface area contributed by atoms with Crippen molar-refractivity contribution >= 4 is 21.3 Å². The van der Waals surface area contributed by atoms with Gasteiger partial charge >= 0.3 is 15.2 Å². The third kappa shape index (κ3) is 10.2. The molecule has 4 N–H and O–H groups in total. The molecule has 0 atom stereocenters. The summed E-state index contributed by atoms with van der Waals surface area (Å²) in [6.45, 7) is 2.22. The molecule has 160 valence electrons. The second-order valence-electron chi connectivity index (χ2n) is 7.22. The van der Waals surface area contributed by atoms with Crippen molar-refractivity contribution in [2.75, 3.05) is 0 Å². The summed E-state index contributed by atoms with van der Waals surface area (Å²) in [4.78, 5) is 37.1. The lowest BCUT2D eigenvalue weighted by Crippen LogP contribution is -1.93. The number of unbranched alkanes of at least 4 members (excludes halogenated alkanes) is 9. The highest BCUT2D eigenvalue weighted by molar-refractivity contribution is 7.77. The van der Waals surface area contributed by atoms with Gasteiger partial charge in [0, 0.05) is 0 Å². The van der Waals surface area contributed by atoms with Crippen molar-refractivity contribution in [2.24, 2.45) is 0 Å². The van der Waals surface area contributed by atoms with Gasteiger partial charge in [-0.3, -0.25) is 9.13 Å². The van der Waals surface area contributed by atoms with Crippen LogP contribution in [0.5, 0.6) is 0 Å². The minimum absolute atomic E-state index is 0.445. The number of hydrogen-bond donors (Lipinski definition) is 4. The largest absolute Gasteiger partial charge is 0.364 e. The molecule has 0 spiro atoms. The Balaban J connectivity index is 2.55. The van der Waals surface area contributed by atoms with Gasteiger partial charge in [-0.15, -0.1) is 0 Å². The molecule has 1 rings (SSSR count). The van der Waals surface area contributed by atoms with E-state index in [0.29, 0.717) is 12.0 Å². The fraction of sp³-hybridized carbons (Fsp3) is 0.600. The molecule has 0 amide bonds. The van der Waals surface area contributed by atoms with Crippen molar-refractivity contribution in [3.63, 3.8) is 0 Å². The summed E-state index contributed by atoms with van der Waals surface area (Å²) in [5.74, 6) is 0. The monoisotopic (exact) mass is 432 g/mol. The lowest BCUT2D eigenvalue weighted by molar-refractivity contribution is 0.368. The number of hydrogen-bond acceptors (Lipinski definition) is 2. The molecule has 0 radical (unpaired) electrons. The fourth-order valence-corrected chi connectivity index (χ4v) is 5.15. The molecule has 0 bridgehead atoms. The lowest BCUT2D eigenvalue weighted by atomic mass is 10.00. The van der Waals surface area contributed by atoms with E-state index in [0.717, 1.165) is 30.9 Å². The third-order valence-electron chi connectivity index (χ3n) is 4.74. The first kappa shape index (κ1) is 25.3. The number of rotatable bonds is 14. The first-order chi connectivity index (χ1) is 13.2. The molecule has 0 aromatic heterocycles. The minimum atomic E-state index is -5.04. The molecule has 0 aliphatic carbocycles. The molecule has 0 saturated carbocycles. The van der Waals surface area contributed by atoms with E-state index in [1.54, 1.807) is 12.1 Å². The average Bonchev–Trinajstić information content (AvgIpc) is 2.60. The predicted octanol–water partition coefficient (Wildman–Crippen LogP) is 5.80. The van der Waals surface area contributed by atoms with Crippen LogP contribution in [0.4, 0.5) is 0 Å². The summed E-state index contributed by atoms with van der Waals surface area (Å²) >= 11 is 0. The summed E-state index contributed by atoms with van der Waals surface area (Å²) in [6.07, 6.45) is 13.8. The Bertz CT molecular complexity index is 680. The Morgan fingerprint density at radius 3 is 1.75 bits per heavy atom. The Hall–Kier alpha value is -0.740. The number of aryl methyl sites for hydroxylation is 1. The highest BCUT2D eigenvalue weighted by atomic mass is 31.2. The van der Waals surface area contributed by atoms with Crippen LogP contribution in [0.3, 0.4) is 0 Å². The molecule has 0 saturated heterocycles. The van der Waals surface area contributed by atoms with Crippen molar-refractivity contribution in [1.82, 2.24) is 0 Å². The lowest BCUT2D eigenvalue weighted by Gasteiger charge is -2.12. The van der Waals surface area contributed by atoms with Crippen LogP contribution >= 0.6 is 15.2 Å². The molecule has 0 fully saturated rings. The zero-order valence-electron chi connectivity index (χ0n) is 16.7. The van der Waals surface area contributed by atoms with Crippen molar-refractivity contribution in [3.8, 4) is 0 Å². The molecule has 6 nitrogen and oxygen atoms in total. The molecular formula is C20H34O6P2. The molecule has 0 aliphatic rings. The predicted molar refractivity (Wildman–Crippen MR) is 114 cm³/mol. The molecule has 0 heterocycles. The minimum Gasteiger partial charge on any atom is -0.321 e. The smallest absolute Gasteiger partial charge is 0.321 e. The van der Waals surface area contributed by atoms with Gasteiger partial charge in [0.2, 0.25) is 0 Å². The molecule has 28 heavy (non-hydrogen) atoms. The van der Waals surface area contributed by atoms with Crippen molar-refractivity contribution < 1.29 is 28.7 Å². The Morgan fingerprint density at radius 2 is 1.25 bits per heavy atom. The van der Waals surface area contributed by atoms with Gasteiger partial charge in [-0.2, -0.15) is 0 Å². The highest BCUT2D eigenvalue weighted by Crippen LogP contribution is 2.64. The van der Waals surface area contributed by atoms with Crippen molar-refractivity contribution in [3.05, 3.63) is 40.4 Å². The summed E-state index contributed by atoms with van der Waals surface area (Å²) in [5.41, 5.74) is 1.28. The highest BCUT2D eigenvalue weighted by Gasteiger charge is 2.36. The van der Waals surface area contributed by atoms with Crippen LogP contribution in [0, 0.1) is 0 Å². The van der Waals surface area contributed by atoms with Crippen molar-refractivity contribution in [1.29, 1.82) is 0 Å². The summed E-state index contributed by atoms with van der Waals surface area (Å²) in [6, 6.07) is 6.95. The SMILES string of the molecule is CCCCCCCCCCCCc1ccccc1C=C(P(=O)(O)O)P(=O)(O)O. The van der Waals surface area contributed by atoms with Crippen LogP contribution in [0.1, 0.15) is 82.3 Å². The van der Waals surface area contributed by atoms with Gasteiger partial charge in [0.25, 0.3) is 0 Å². The maximum Gasteiger partial charge on any atom is 0.364 e. The summed E-state index contributed by atoms with van der Waals surface area (Å²) < 4.78 is 22.9. The maximum atomic E-state index is 11.5. The number of benzene rings is 1. The molecule has 0 unspecified atom stereocenters. The molecule has 8 heteroatoms. The van der Waals surface area contributed by atoms with Gasteiger partial charge in [-0.25, -0.2) is 0 Å². The molecule has 0 aliphatic heterocycles. The zero-order chi connectivity index (χ0) is 21.0. The maximum absolute atomic E-state index is 11.5. The summed E-state index contributed by atoms with van der Waals surface area (Å²) in [7, 11) is -10.1. The van der Waals surface area contributed by atoms with Gasteiger partial charge in [0.15, 0.2) is 5.06 Å². The summed E-state index contributed by atoms with van der Waals surface area (Å²) in [5, 5.41) is -1.13. The van der Waals surface area contributed by atoms with Gasteiger partial charge in [-0.1, -0.05) is 89.0 Å². The van der Waals surface area contributed by atoms with E-state index in [4.69, 9.17) is 0 Å². The van der Waals surface area contributed by atoms with Crippen LogP contribution < -0.4 is 0 Å². The third-order valence-corrected chi connectivity index (χ3v) is 7.75. The fourth-order valence-electron chi connectivity index (χ4n) is 3.18. The van der Waals surface area contributed by atoms with E-state index in [9.17, 15) is 28.7 Å². The first-order valence-corrected chi connectivity index (χ1v) is 13.3.